The quantitative estimate of drug-likeness (QED) is 0.164. The molecule has 168 valence electrons. The second-order valence-electron chi connectivity index (χ2n) is 5.78. The Morgan fingerprint density at radius 2 is 2.10 bits per heavy atom. The summed E-state index contributed by atoms with van der Waals surface area (Å²) in [4.78, 5) is 41.5. The van der Waals surface area contributed by atoms with Crippen LogP contribution < -0.4 is 0 Å². The lowest BCUT2D eigenvalue weighted by molar-refractivity contribution is -0.0423. The van der Waals surface area contributed by atoms with E-state index in [0.29, 0.717) is 0 Å². The number of aliphatic hydroxyl groups is 1. The van der Waals surface area contributed by atoms with Crippen LogP contribution in [-0.4, -0.2) is 58.1 Å². The van der Waals surface area contributed by atoms with Crippen LogP contribution in [-0.2, 0) is 31.6 Å². The van der Waals surface area contributed by atoms with E-state index >= 15 is 0 Å². The highest BCUT2D eigenvalue weighted by Crippen LogP contribution is 2.63. The van der Waals surface area contributed by atoms with Crippen molar-refractivity contribution in [2.24, 2.45) is 5.11 Å². The van der Waals surface area contributed by atoms with Crippen molar-refractivity contribution in [1.82, 2.24) is 19.5 Å². The number of aromatic nitrogens is 4. The highest BCUT2D eigenvalue weighted by Gasteiger charge is 2.44. The molecule has 1 saturated heterocycles. The van der Waals surface area contributed by atoms with E-state index in [1.807, 2.05) is 0 Å². The van der Waals surface area contributed by atoms with Gasteiger partial charge in [-0.1, -0.05) is 0 Å². The average molecular weight is 500 g/mol. The number of nitrogens with zero attached hydrogens (tertiary/aromatic N) is 7. The summed E-state index contributed by atoms with van der Waals surface area (Å²) in [7, 11) is -14.2. The van der Waals surface area contributed by atoms with Crippen molar-refractivity contribution in [2.75, 3.05) is 6.61 Å². The van der Waals surface area contributed by atoms with Crippen LogP contribution in [0.4, 0.5) is 5.82 Å². The minimum atomic E-state index is -5.37. The number of hydrogen-bond donors (Lipinski definition) is 4. The van der Waals surface area contributed by atoms with Gasteiger partial charge in [-0.25, -0.2) is 24.1 Å². The van der Waals surface area contributed by atoms with E-state index in [4.69, 9.17) is 20.1 Å². The van der Waals surface area contributed by atoms with Gasteiger partial charge < -0.3 is 14.7 Å². The fourth-order valence-corrected chi connectivity index (χ4v) is 5.29. The smallest absolute Gasteiger partial charge is 0.390 e. The van der Waals surface area contributed by atoms with Gasteiger partial charge in [0.05, 0.1) is 19.0 Å². The number of aliphatic hydroxyl groups excluding tert-OH is 1. The van der Waals surface area contributed by atoms with Gasteiger partial charge in [0.15, 0.2) is 11.5 Å². The standard InChI is InChI=1S/C10H12N7O11P3/c11-16-15-9-8-10(13-3-12-9)17(4-14-8)7-1-5(18)6(26-7)2-25-30(21,22)28-31(23,24)27-29(19)20/h3-7,18H,1-2H2,(H2-,19,20,21,22,23,24)/p+1. The fraction of sp³-hybridized carbons (Fsp3) is 0.500. The monoisotopic (exact) mass is 500 g/mol. The summed E-state index contributed by atoms with van der Waals surface area (Å²) in [6.07, 6.45) is -0.837. The van der Waals surface area contributed by atoms with E-state index < -0.39 is 48.9 Å². The zero-order chi connectivity index (χ0) is 22.8. The van der Waals surface area contributed by atoms with E-state index in [0.717, 1.165) is 6.33 Å². The molecule has 6 atom stereocenters. The molecule has 18 nitrogen and oxygen atoms in total. The molecular weight excluding hydrogens is 487 g/mol. The molecular formula is C10H13N7O11P3+. The molecule has 0 bridgehead atoms. The number of phosphoric ester groups is 1. The molecule has 0 amide bonds. The number of hydrogen-bond acceptors (Lipinski definition) is 12. The average Bonchev–Trinajstić information content (AvgIpc) is 3.22. The van der Waals surface area contributed by atoms with Gasteiger partial charge >= 0.3 is 23.9 Å². The van der Waals surface area contributed by atoms with Crippen LogP contribution in [0.3, 0.4) is 0 Å². The number of azide groups is 1. The van der Waals surface area contributed by atoms with Gasteiger partial charge in [0.25, 0.3) is 0 Å². The Morgan fingerprint density at radius 1 is 1.35 bits per heavy atom. The van der Waals surface area contributed by atoms with Crippen LogP contribution in [0, 0.1) is 0 Å². The molecule has 1 aliphatic heterocycles. The predicted octanol–water partition coefficient (Wildman–Crippen LogP) is 1.32. The molecule has 6 unspecified atom stereocenters. The Kier molecular flexibility index (Phi) is 7.13. The summed E-state index contributed by atoms with van der Waals surface area (Å²) < 4.78 is 52.5. The minimum absolute atomic E-state index is 0.0243. The molecule has 2 aromatic heterocycles. The maximum absolute atomic E-state index is 11.8. The van der Waals surface area contributed by atoms with Crippen LogP contribution in [0.15, 0.2) is 17.8 Å². The van der Waals surface area contributed by atoms with Crippen LogP contribution in [0.2, 0.25) is 0 Å². The molecule has 0 aromatic carbocycles. The van der Waals surface area contributed by atoms with Gasteiger partial charge in [-0.05, 0) is 15.0 Å². The summed E-state index contributed by atoms with van der Waals surface area (Å²) in [6.45, 7) is -0.762. The topological polar surface area (TPSA) is 261 Å². The summed E-state index contributed by atoms with van der Waals surface area (Å²) >= 11 is 0. The lowest BCUT2D eigenvalue weighted by atomic mass is 10.2. The van der Waals surface area contributed by atoms with Crippen LogP contribution in [0.1, 0.15) is 12.6 Å². The number of phosphoric acid groups is 2. The molecule has 1 fully saturated rings. The Bertz CT molecular complexity index is 1140. The first-order valence-corrected chi connectivity index (χ1v) is 12.1. The first kappa shape index (κ1) is 23.8. The van der Waals surface area contributed by atoms with Crippen molar-refractivity contribution in [3.8, 4) is 0 Å². The van der Waals surface area contributed by atoms with Crippen molar-refractivity contribution in [3.63, 3.8) is 0 Å². The van der Waals surface area contributed by atoms with E-state index in [9.17, 15) is 23.7 Å². The summed E-state index contributed by atoms with van der Waals surface area (Å²) in [5, 5.41) is 13.6. The van der Waals surface area contributed by atoms with Gasteiger partial charge in [0.1, 0.15) is 24.2 Å². The maximum atomic E-state index is 11.8. The third kappa shape index (κ3) is 5.87. The summed E-state index contributed by atoms with van der Waals surface area (Å²) in [5.74, 6) is -0.0247. The molecule has 31 heavy (non-hydrogen) atoms. The molecule has 0 spiro atoms. The number of rotatable bonds is 9. The Hall–Kier alpha value is -1.90. The Labute approximate surface area is 172 Å². The van der Waals surface area contributed by atoms with Gasteiger partial charge in [0.2, 0.25) is 0 Å². The van der Waals surface area contributed by atoms with E-state index in [2.05, 4.69) is 38.1 Å². The zero-order valence-electron chi connectivity index (χ0n) is 14.9. The first-order valence-electron chi connectivity index (χ1n) is 7.95. The van der Waals surface area contributed by atoms with E-state index in [1.165, 1.54) is 10.9 Å². The Morgan fingerprint density at radius 3 is 2.77 bits per heavy atom. The van der Waals surface area contributed by atoms with Crippen LogP contribution in [0.25, 0.3) is 21.6 Å². The molecule has 1 aliphatic rings. The molecule has 3 heterocycles. The second kappa shape index (κ2) is 9.30. The number of imidazole rings is 1. The number of fused-ring (bicyclic) bond motifs is 1. The Balaban J connectivity index is 1.68. The van der Waals surface area contributed by atoms with Gasteiger partial charge in [-0.15, -0.1) is 4.89 Å². The zero-order valence-corrected chi connectivity index (χ0v) is 17.6. The third-order valence-corrected chi connectivity index (χ3v) is 7.29. The highest BCUT2D eigenvalue weighted by molar-refractivity contribution is 7.64. The molecule has 2 aromatic rings. The van der Waals surface area contributed by atoms with Crippen molar-refractivity contribution in [2.45, 2.75) is 24.9 Å². The van der Waals surface area contributed by atoms with Crippen molar-refractivity contribution >= 4 is 40.9 Å². The minimum Gasteiger partial charge on any atom is -0.390 e. The summed E-state index contributed by atoms with van der Waals surface area (Å²) in [6, 6.07) is 0. The predicted molar refractivity (Wildman–Crippen MR) is 96.3 cm³/mol. The van der Waals surface area contributed by atoms with E-state index in [-0.39, 0.29) is 23.4 Å². The van der Waals surface area contributed by atoms with Gasteiger partial charge in [-0.3, -0.25) is 14.0 Å². The SMILES string of the molecule is [N-]=[N+]=Nc1ncnc2c1ncn2C1CC(O)C(COP(=O)(O)OP(=O)(O)O[P+](=O)O)O1. The van der Waals surface area contributed by atoms with Crippen molar-refractivity contribution in [1.29, 1.82) is 0 Å². The lowest BCUT2D eigenvalue weighted by Crippen LogP contribution is -2.26. The molecule has 0 saturated carbocycles. The largest absolute Gasteiger partial charge is 0.705 e. The van der Waals surface area contributed by atoms with Crippen molar-refractivity contribution in [3.05, 3.63) is 23.1 Å². The molecule has 4 N–H and O–H groups in total. The van der Waals surface area contributed by atoms with Crippen molar-refractivity contribution < 1.29 is 51.4 Å². The van der Waals surface area contributed by atoms with Crippen LogP contribution >= 0.6 is 23.9 Å². The lowest BCUT2D eigenvalue weighted by Gasteiger charge is -2.18. The van der Waals surface area contributed by atoms with Gasteiger partial charge in [0, 0.05) is 15.9 Å². The summed E-state index contributed by atoms with van der Waals surface area (Å²) in [5.41, 5.74) is 8.97. The molecule has 3 rings (SSSR count). The molecule has 0 aliphatic carbocycles. The fourth-order valence-electron chi connectivity index (χ4n) is 2.63. The van der Waals surface area contributed by atoms with E-state index in [1.54, 1.807) is 0 Å². The van der Waals surface area contributed by atoms with Crippen LogP contribution in [0.5, 0.6) is 0 Å². The van der Waals surface area contributed by atoms with Gasteiger partial charge in [-0.2, -0.15) is 4.31 Å². The maximum Gasteiger partial charge on any atom is 0.705 e. The first-order chi connectivity index (χ1) is 14.5. The molecule has 0 radical (unpaired) electrons. The number of ether oxygens (including phenoxy) is 1. The normalized spacial score (nSPS) is 25.5. The third-order valence-electron chi connectivity index (χ3n) is 3.77. The molecule has 21 heteroatoms. The highest BCUT2D eigenvalue weighted by atomic mass is 31.3. The second-order valence-corrected chi connectivity index (χ2v) is 9.69.